The summed E-state index contributed by atoms with van der Waals surface area (Å²) in [7, 11) is 0. The molecule has 1 aromatic heterocycles. The van der Waals surface area contributed by atoms with Gasteiger partial charge in [-0.2, -0.15) is 0 Å². The van der Waals surface area contributed by atoms with Crippen LogP contribution in [0, 0.1) is 45.8 Å². The van der Waals surface area contributed by atoms with Crippen LogP contribution >= 0.6 is 0 Å². The number of pyridine rings is 1. The van der Waals surface area contributed by atoms with Crippen molar-refractivity contribution in [2.45, 2.75) is 123 Å². The standard InChI is InChI=1S/C35H57N3O3/c1-24(10-13-31(40)41)27-11-12-28-32-29(15-16-34(27,28)3)35(4)17-14-25(21-33(35,2)22-30(32)39)37-20-8-7-18-36-23-26-9-5-6-19-38-26/h5-6,9,19,24-25,27-30,32,36-37,39H,7-8,10-18,20-23H2,1-4H3,(H,40,41)/t24-,25+,27-,28?,29?,30-,32?,33-,34-,35-/m1/s1. The Bertz CT molecular complexity index is 1020. The molecule has 10 atom stereocenters. The number of carbonyl (C=O) groups is 1. The van der Waals surface area contributed by atoms with E-state index in [0.717, 1.165) is 38.2 Å². The van der Waals surface area contributed by atoms with Gasteiger partial charge in [0.05, 0.1) is 11.8 Å². The lowest BCUT2D eigenvalue weighted by molar-refractivity contribution is -0.202. The summed E-state index contributed by atoms with van der Waals surface area (Å²) in [5, 5.41) is 28.5. The van der Waals surface area contributed by atoms with Crippen LogP contribution in [0.4, 0.5) is 0 Å². The van der Waals surface area contributed by atoms with Crippen molar-refractivity contribution in [2.75, 3.05) is 13.1 Å². The van der Waals surface area contributed by atoms with E-state index >= 15 is 0 Å². The van der Waals surface area contributed by atoms with Crippen LogP contribution in [0.25, 0.3) is 0 Å². The van der Waals surface area contributed by atoms with Gasteiger partial charge < -0.3 is 20.8 Å². The zero-order chi connectivity index (χ0) is 29.3. The van der Waals surface area contributed by atoms with Gasteiger partial charge in [-0.05, 0) is 142 Å². The molecule has 0 aliphatic heterocycles. The highest BCUT2D eigenvalue weighted by Crippen LogP contribution is 2.71. The first-order valence-corrected chi connectivity index (χ1v) is 16.8. The minimum Gasteiger partial charge on any atom is -0.481 e. The third-order valence-electron chi connectivity index (χ3n) is 13.2. The molecule has 3 unspecified atom stereocenters. The van der Waals surface area contributed by atoms with Crippen molar-refractivity contribution in [2.24, 2.45) is 45.8 Å². The van der Waals surface area contributed by atoms with E-state index in [-0.39, 0.29) is 23.4 Å². The number of carboxylic acids is 1. The van der Waals surface area contributed by atoms with Crippen molar-refractivity contribution in [1.82, 2.24) is 15.6 Å². The minimum atomic E-state index is -0.672. The molecule has 4 aliphatic carbocycles. The van der Waals surface area contributed by atoms with Crippen molar-refractivity contribution in [3.63, 3.8) is 0 Å². The third kappa shape index (κ3) is 6.13. The molecule has 0 bridgehead atoms. The highest BCUT2D eigenvalue weighted by molar-refractivity contribution is 5.66. The average molecular weight is 568 g/mol. The van der Waals surface area contributed by atoms with Crippen LogP contribution in [0.2, 0.25) is 0 Å². The molecule has 1 aromatic rings. The van der Waals surface area contributed by atoms with Crippen LogP contribution in [0.1, 0.15) is 110 Å². The number of aliphatic hydroxyl groups excluding tert-OH is 1. The maximum atomic E-state index is 11.8. The average Bonchev–Trinajstić information content (AvgIpc) is 3.29. The summed E-state index contributed by atoms with van der Waals surface area (Å²) in [6.07, 6.45) is 14.6. The Morgan fingerprint density at radius 3 is 2.61 bits per heavy atom. The summed E-state index contributed by atoms with van der Waals surface area (Å²) in [6.45, 7) is 12.8. The van der Waals surface area contributed by atoms with Crippen LogP contribution in [0.5, 0.6) is 0 Å². The highest BCUT2D eigenvalue weighted by Gasteiger charge is 2.65. The number of hydrogen-bond donors (Lipinski definition) is 4. The van der Waals surface area contributed by atoms with E-state index in [2.05, 4.69) is 49.4 Å². The molecule has 230 valence electrons. The molecule has 4 fully saturated rings. The predicted octanol–water partition coefficient (Wildman–Crippen LogP) is 6.43. The molecular formula is C35H57N3O3. The van der Waals surface area contributed by atoms with E-state index in [0.29, 0.717) is 41.0 Å². The Morgan fingerprint density at radius 2 is 1.85 bits per heavy atom. The van der Waals surface area contributed by atoms with Gasteiger partial charge in [0, 0.05) is 25.2 Å². The van der Waals surface area contributed by atoms with E-state index in [1.54, 1.807) is 0 Å². The fourth-order valence-corrected chi connectivity index (χ4v) is 10.8. The summed E-state index contributed by atoms with van der Waals surface area (Å²) in [4.78, 5) is 15.6. The number of aromatic nitrogens is 1. The molecule has 0 amide bonds. The molecule has 5 rings (SSSR count). The maximum Gasteiger partial charge on any atom is 0.303 e. The van der Waals surface area contributed by atoms with E-state index < -0.39 is 5.97 Å². The first kappa shape index (κ1) is 30.9. The summed E-state index contributed by atoms with van der Waals surface area (Å²) >= 11 is 0. The largest absolute Gasteiger partial charge is 0.481 e. The zero-order valence-corrected chi connectivity index (χ0v) is 26.2. The normalized spacial score (nSPS) is 40.8. The van der Waals surface area contributed by atoms with Gasteiger partial charge in [0.15, 0.2) is 0 Å². The highest BCUT2D eigenvalue weighted by atomic mass is 16.4. The van der Waals surface area contributed by atoms with Crippen LogP contribution in [0.15, 0.2) is 24.4 Å². The number of aliphatic hydroxyl groups is 1. The summed E-state index contributed by atoms with van der Waals surface area (Å²) in [5.41, 5.74) is 1.81. The van der Waals surface area contributed by atoms with E-state index in [9.17, 15) is 15.0 Å². The second-order valence-corrected chi connectivity index (χ2v) is 15.3. The van der Waals surface area contributed by atoms with Gasteiger partial charge in [-0.3, -0.25) is 9.78 Å². The van der Waals surface area contributed by atoms with Gasteiger partial charge in [0.25, 0.3) is 0 Å². The number of fused-ring (bicyclic) bond motifs is 5. The Hall–Kier alpha value is -1.50. The number of nitrogens with one attached hydrogen (secondary N) is 2. The first-order valence-electron chi connectivity index (χ1n) is 16.8. The Labute approximate surface area is 248 Å². The lowest BCUT2D eigenvalue weighted by Gasteiger charge is -2.66. The van der Waals surface area contributed by atoms with Crippen molar-refractivity contribution in [3.8, 4) is 0 Å². The summed E-state index contributed by atoms with van der Waals surface area (Å²) < 4.78 is 0. The lowest BCUT2D eigenvalue weighted by atomic mass is 9.39. The Balaban J connectivity index is 1.14. The van der Waals surface area contributed by atoms with Crippen LogP contribution < -0.4 is 10.6 Å². The molecule has 0 radical (unpaired) electrons. The molecule has 41 heavy (non-hydrogen) atoms. The predicted molar refractivity (Wildman–Crippen MR) is 164 cm³/mol. The van der Waals surface area contributed by atoms with E-state index in [1.165, 1.54) is 57.8 Å². The molecule has 0 saturated heterocycles. The Morgan fingerprint density at radius 1 is 1.05 bits per heavy atom. The van der Waals surface area contributed by atoms with E-state index in [4.69, 9.17) is 0 Å². The molecule has 4 saturated carbocycles. The molecule has 6 heteroatoms. The SMILES string of the molecule is C[C@H](CCC(=O)O)[C@H]1CCC2C3C(CC[C@@]21C)[C@@]1(C)CC[C@H](NCCCCNCc2ccccn2)C[C@]1(C)C[C@H]3O. The number of carboxylic acid groups (broad SMARTS) is 1. The fourth-order valence-electron chi connectivity index (χ4n) is 10.8. The molecule has 0 aromatic carbocycles. The number of rotatable bonds is 12. The van der Waals surface area contributed by atoms with Crippen LogP contribution in [-0.4, -0.2) is 46.4 Å². The fraction of sp³-hybridized carbons (Fsp3) is 0.829. The number of unbranched alkanes of at least 4 members (excludes halogenated alkanes) is 1. The van der Waals surface area contributed by atoms with Gasteiger partial charge in [0.2, 0.25) is 0 Å². The molecular weight excluding hydrogens is 510 g/mol. The van der Waals surface area contributed by atoms with E-state index in [1.807, 2.05) is 18.3 Å². The van der Waals surface area contributed by atoms with Crippen molar-refractivity contribution < 1.29 is 15.0 Å². The number of nitrogens with zero attached hydrogens (tertiary/aromatic N) is 1. The smallest absolute Gasteiger partial charge is 0.303 e. The van der Waals surface area contributed by atoms with Crippen molar-refractivity contribution >= 4 is 5.97 Å². The van der Waals surface area contributed by atoms with Gasteiger partial charge in [-0.15, -0.1) is 0 Å². The topological polar surface area (TPSA) is 94.5 Å². The van der Waals surface area contributed by atoms with Crippen molar-refractivity contribution in [1.29, 1.82) is 0 Å². The zero-order valence-electron chi connectivity index (χ0n) is 26.2. The molecule has 4 aliphatic rings. The van der Waals surface area contributed by atoms with Crippen LogP contribution in [-0.2, 0) is 11.3 Å². The first-order chi connectivity index (χ1) is 19.6. The molecule has 4 N–H and O–H groups in total. The van der Waals surface area contributed by atoms with Gasteiger partial charge in [0.1, 0.15) is 0 Å². The molecule has 1 heterocycles. The van der Waals surface area contributed by atoms with Gasteiger partial charge in [-0.1, -0.05) is 33.8 Å². The second-order valence-electron chi connectivity index (χ2n) is 15.3. The van der Waals surface area contributed by atoms with Gasteiger partial charge >= 0.3 is 5.97 Å². The maximum absolute atomic E-state index is 11.8. The quantitative estimate of drug-likeness (QED) is 0.218. The number of hydrogen-bond acceptors (Lipinski definition) is 5. The van der Waals surface area contributed by atoms with Crippen LogP contribution in [0.3, 0.4) is 0 Å². The second kappa shape index (κ2) is 12.6. The third-order valence-corrected chi connectivity index (χ3v) is 13.2. The Kier molecular flexibility index (Phi) is 9.52. The van der Waals surface area contributed by atoms with Crippen molar-refractivity contribution in [3.05, 3.63) is 30.1 Å². The molecule has 0 spiro atoms. The lowest BCUT2D eigenvalue weighted by Crippen LogP contribution is -2.63. The minimum absolute atomic E-state index is 0.175. The number of aliphatic carboxylic acids is 1. The summed E-state index contributed by atoms with van der Waals surface area (Å²) in [5.74, 6) is 1.95. The summed E-state index contributed by atoms with van der Waals surface area (Å²) in [6, 6.07) is 6.62. The monoisotopic (exact) mass is 567 g/mol. The van der Waals surface area contributed by atoms with Gasteiger partial charge in [-0.25, -0.2) is 0 Å². The molecule has 6 nitrogen and oxygen atoms in total.